The van der Waals surface area contributed by atoms with Crippen molar-refractivity contribution >= 4 is 28.3 Å². The second-order valence-electron chi connectivity index (χ2n) is 3.60. The van der Waals surface area contributed by atoms with Gasteiger partial charge in [0.25, 0.3) is 5.91 Å². The number of amides is 1. The van der Waals surface area contributed by atoms with Gasteiger partial charge in [0.2, 0.25) is 0 Å². The number of nitrogens with one attached hydrogen (secondary N) is 2. The van der Waals surface area contributed by atoms with E-state index in [9.17, 15) is 9.59 Å². The lowest BCUT2D eigenvalue weighted by Crippen LogP contribution is -2.12. The van der Waals surface area contributed by atoms with Crippen LogP contribution < -0.4 is 5.32 Å². The maximum atomic E-state index is 11.7. The average Bonchev–Trinajstić information content (AvgIpc) is 2.87. The van der Waals surface area contributed by atoms with Crippen LogP contribution in [0.1, 0.15) is 21.9 Å². The molecule has 2 rings (SSSR count). The van der Waals surface area contributed by atoms with Gasteiger partial charge in [-0.05, 0) is 13.0 Å². The number of carbonyl (C=O) groups excluding carboxylic acids is 1. The fourth-order valence-electron chi connectivity index (χ4n) is 1.30. The van der Waals surface area contributed by atoms with Gasteiger partial charge in [-0.2, -0.15) is 5.10 Å². The van der Waals surface area contributed by atoms with Gasteiger partial charge in [0.05, 0.1) is 12.1 Å². The third kappa shape index (κ3) is 2.92. The highest BCUT2D eigenvalue weighted by Gasteiger charge is 2.12. The summed E-state index contributed by atoms with van der Waals surface area (Å²) in [5.41, 5.74) is 1.47. The Morgan fingerprint density at radius 1 is 1.56 bits per heavy atom. The molecular formula is C10H10N4O3S. The van der Waals surface area contributed by atoms with E-state index in [-0.39, 0.29) is 18.0 Å². The molecule has 0 aromatic carbocycles. The highest BCUT2D eigenvalue weighted by atomic mass is 32.1. The maximum Gasteiger partial charge on any atom is 0.309 e. The Balaban J connectivity index is 2.03. The minimum absolute atomic E-state index is 0.159. The van der Waals surface area contributed by atoms with Gasteiger partial charge < -0.3 is 5.11 Å². The first-order valence-corrected chi connectivity index (χ1v) is 5.92. The molecule has 0 fully saturated rings. The first kappa shape index (κ1) is 12.2. The highest BCUT2D eigenvalue weighted by molar-refractivity contribution is 7.14. The largest absolute Gasteiger partial charge is 0.481 e. The molecule has 3 N–H and O–H groups in total. The lowest BCUT2D eigenvalue weighted by atomic mass is 10.3. The Morgan fingerprint density at radius 3 is 2.94 bits per heavy atom. The number of aromatic nitrogens is 3. The second-order valence-corrected chi connectivity index (χ2v) is 4.46. The van der Waals surface area contributed by atoms with Crippen LogP contribution in [-0.4, -0.2) is 32.2 Å². The number of aliphatic carboxylic acids is 1. The summed E-state index contributed by atoms with van der Waals surface area (Å²) >= 11 is 1.18. The third-order valence-electron chi connectivity index (χ3n) is 2.04. The summed E-state index contributed by atoms with van der Waals surface area (Å²) < 4.78 is 0. The number of aryl methyl sites for hydroxylation is 1. The van der Waals surface area contributed by atoms with Gasteiger partial charge in [-0.25, -0.2) is 4.98 Å². The summed E-state index contributed by atoms with van der Waals surface area (Å²) in [4.78, 5) is 26.2. The predicted octanol–water partition coefficient (Wildman–Crippen LogP) is 1.05. The molecule has 2 aromatic heterocycles. The van der Waals surface area contributed by atoms with Crippen LogP contribution in [0.4, 0.5) is 5.13 Å². The van der Waals surface area contributed by atoms with E-state index in [2.05, 4.69) is 20.5 Å². The van der Waals surface area contributed by atoms with E-state index in [0.29, 0.717) is 10.8 Å². The number of aromatic amines is 1. The smallest absolute Gasteiger partial charge is 0.309 e. The van der Waals surface area contributed by atoms with E-state index in [4.69, 9.17) is 5.11 Å². The molecule has 18 heavy (non-hydrogen) atoms. The van der Waals surface area contributed by atoms with Crippen LogP contribution in [-0.2, 0) is 11.2 Å². The summed E-state index contributed by atoms with van der Waals surface area (Å²) in [6, 6.07) is 1.61. The number of rotatable bonds is 4. The minimum atomic E-state index is -0.957. The third-order valence-corrected chi connectivity index (χ3v) is 2.85. The van der Waals surface area contributed by atoms with E-state index < -0.39 is 5.97 Å². The Kier molecular flexibility index (Phi) is 3.38. The fourth-order valence-corrected chi connectivity index (χ4v) is 2.00. The van der Waals surface area contributed by atoms with E-state index in [1.807, 2.05) is 0 Å². The molecule has 2 aromatic rings. The molecule has 7 nitrogen and oxygen atoms in total. The zero-order valence-electron chi connectivity index (χ0n) is 9.43. The van der Waals surface area contributed by atoms with Crippen LogP contribution >= 0.6 is 11.3 Å². The van der Waals surface area contributed by atoms with Gasteiger partial charge in [-0.15, -0.1) is 11.3 Å². The number of anilines is 1. The van der Waals surface area contributed by atoms with Crippen LogP contribution in [0.3, 0.4) is 0 Å². The molecule has 1 amide bonds. The fraction of sp³-hybridized carbons (Fsp3) is 0.200. The van der Waals surface area contributed by atoms with Crippen LogP contribution in [0.5, 0.6) is 0 Å². The number of carboxylic acids is 1. The molecule has 0 spiro atoms. The monoisotopic (exact) mass is 266 g/mol. The van der Waals surface area contributed by atoms with E-state index in [0.717, 1.165) is 5.69 Å². The number of H-pyrrole nitrogens is 1. The normalized spacial score (nSPS) is 10.3. The van der Waals surface area contributed by atoms with E-state index in [1.54, 1.807) is 18.4 Å². The van der Waals surface area contributed by atoms with Gasteiger partial charge in [0.15, 0.2) is 10.8 Å². The van der Waals surface area contributed by atoms with Crippen molar-refractivity contribution in [3.8, 4) is 0 Å². The molecule has 0 radical (unpaired) electrons. The van der Waals surface area contributed by atoms with Gasteiger partial charge in [0, 0.05) is 11.1 Å². The minimum Gasteiger partial charge on any atom is -0.481 e. The number of hydrogen-bond acceptors (Lipinski definition) is 5. The van der Waals surface area contributed by atoms with Crippen molar-refractivity contribution in [1.82, 2.24) is 15.2 Å². The number of carboxylic acid groups (broad SMARTS) is 1. The Morgan fingerprint density at radius 2 is 2.33 bits per heavy atom. The van der Waals surface area contributed by atoms with Gasteiger partial charge in [-0.1, -0.05) is 0 Å². The first-order valence-electron chi connectivity index (χ1n) is 5.04. The summed E-state index contributed by atoms with van der Waals surface area (Å²) in [6.45, 7) is 1.79. The van der Waals surface area contributed by atoms with Crippen molar-refractivity contribution in [2.24, 2.45) is 0 Å². The summed E-state index contributed by atoms with van der Waals surface area (Å²) in [5.74, 6) is -1.34. The van der Waals surface area contributed by atoms with Crippen molar-refractivity contribution in [3.05, 3.63) is 28.5 Å². The van der Waals surface area contributed by atoms with Crippen LogP contribution in [0.25, 0.3) is 0 Å². The van der Waals surface area contributed by atoms with Gasteiger partial charge >= 0.3 is 5.97 Å². The Labute approximate surface area is 106 Å². The van der Waals surface area contributed by atoms with E-state index >= 15 is 0 Å². The summed E-state index contributed by atoms with van der Waals surface area (Å²) in [7, 11) is 0. The van der Waals surface area contributed by atoms with Crippen molar-refractivity contribution in [2.75, 3.05) is 5.32 Å². The average molecular weight is 266 g/mol. The molecule has 0 saturated heterocycles. The van der Waals surface area contributed by atoms with Crippen LogP contribution in [0.2, 0.25) is 0 Å². The lowest BCUT2D eigenvalue weighted by molar-refractivity contribution is -0.136. The SMILES string of the molecule is Cc1cc(C(=O)Nc2nc(CC(=O)O)cs2)n[nH]1. The molecule has 2 heterocycles. The topological polar surface area (TPSA) is 108 Å². The molecule has 94 valence electrons. The zero-order chi connectivity index (χ0) is 13.1. The van der Waals surface area contributed by atoms with Crippen molar-refractivity contribution in [1.29, 1.82) is 0 Å². The highest BCUT2D eigenvalue weighted by Crippen LogP contribution is 2.16. The molecule has 0 unspecified atom stereocenters. The summed E-state index contributed by atoms with van der Waals surface area (Å²) in [6.07, 6.45) is -0.159. The number of carbonyl (C=O) groups is 2. The molecule has 8 heteroatoms. The van der Waals surface area contributed by atoms with Crippen molar-refractivity contribution < 1.29 is 14.7 Å². The van der Waals surface area contributed by atoms with Crippen molar-refractivity contribution in [3.63, 3.8) is 0 Å². The summed E-state index contributed by atoms with van der Waals surface area (Å²) in [5, 5.41) is 19.6. The van der Waals surface area contributed by atoms with Gasteiger partial charge in [0.1, 0.15) is 0 Å². The number of nitrogens with zero attached hydrogens (tertiary/aromatic N) is 2. The first-order chi connectivity index (χ1) is 8.54. The Hall–Kier alpha value is -2.22. The molecule has 0 saturated carbocycles. The van der Waals surface area contributed by atoms with E-state index in [1.165, 1.54) is 11.3 Å². The van der Waals surface area contributed by atoms with Crippen LogP contribution in [0.15, 0.2) is 11.4 Å². The molecule has 0 bridgehead atoms. The maximum absolute atomic E-state index is 11.7. The molecule has 0 aliphatic heterocycles. The van der Waals surface area contributed by atoms with Crippen LogP contribution in [0, 0.1) is 6.92 Å². The second kappa shape index (κ2) is 4.96. The number of thiazole rings is 1. The van der Waals surface area contributed by atoms with Crippen molar-refractivity contribution in [2.45, 2.75) is 13.3 Å². The quantitative estimate of drug-likeness (QED) is 0.766. The number of hydrogen-bond donors (Lipinski definition) is 3. The molecule has 0 atom stereocenters. The predicted molar refractivity (Wildman–Crippen MR) is 64.7 cm³/mol. The molecule has 0 aliphatic rings. The molecular weight excluding hydrogens is 256 g/mol. The zero-order valence-corrected chi connectivity index (χ0v) is 10.2. The standard InChI is InChI=1S/C10H10N4O3S/c1-5-2-7(14-13-5)9(17)12-10-11-6(4-18-10)3-8(15)16/h2,4H,3H2,1H3,(H,13,14)(H,15,16)(H,11,12,17). The lowest BCUT2D eigenvalue weighted by Gasteiger charge is -1.96. The van der Waals surface area contributed by atoms with Gasteiger partial charge in [-0.3, -0.25) is 20.0 Å². The molecule has 0 aliphatic carbocycles. The Bertz CT molecular complexity index is 589.